The Labute approximate surface area is 133 Å². The van der Waals surface area contributed by atoms with Gasteiger partial charge in [-0.1, -0.05) is 18.7 Å². The predicted octanol–water partition coefficient (Wildman–Crippen LogP) is 2.80. The molecule has 1 N–H and O–H groups in total. The lowest BCUT2D eigenvalue weighted by Crippen LogP contribution is -2.41. The number of nitrogens with zero attached hydrogens (tertiary/aromatic N) is 3. The van der Waals surface area contributed by atoms with E-state index in [1.165, 1.54) is 11.8 Å². The molecule has 0 unspecified atom stereocenters. The van der Waals surface area contributed by atoms with Gasteiger partial charge in [0.2, 0.25) is 5.91 Å². The average molecular weight is 320 g/mol. The fourth-order valence-corrected chi connectivity index (χ4v) is 3.28. The molecule has 3 heterocycles. The molecule has 1 aliphatic rings. The van der Waals surface area contributed by atoms with Crippen molar-refractivity contribution < 1.29 is 9.21 Å². The van der Waals surface area contributed by atoms with E-state index < -0.39 is 0 Å². The van der Waals surface area contributed by atoms with Gasteiger partial charge >= 0.3 is 0 Å². The summed E-state index contributed by atoms with van der Waals surface area (Å²) in [5.74, 6) is 1.31. The number of thioether (sulfide) groups is 1. The summed E-state index contributed by atoms with van der Waals surface area (Å²) in [5, 5.41) is 8.22. The number of H-pyrrole nitrogens is 1. The molecule has 0 saturated carbocycles. The van der Waals surface area contributed by atoms with Crippen LogP contribution in [0, 0.1) is 5.92 Å². The van der Waals surface area contributed by atoms with Crippen LogP contribution in [0.3, 0.4) is 0 Å². The smallest absolute Gasteiger partial charge is 0.277 e. The van der Waals surface area contributed by atoms with Gasteiger partial charge in [0.15, 0.2) is 0 Å². The number of likely N-dealkylation sites (tertiary alicyclic amines) is 1. The average Bonchev–Trinajstić information content (AvgIpc) is 3.18. The zero-order chi connectivity index (χ0) is 15.5. The van der Waals surface area contributed by atoms with E-state index in [1.54, 1.807) is 6.20 Å². The second-order valence-electron chi connectivity index (χ2n) is 5.72. The maximum absolute atomic E-state index is 12.5. The monoisotopic (exact) mass is 320 g/mol. The van der Waals surface area contributed by atoms with Gasteiger partial charge < -0.3 is 14.3 Å². The number of rotatable bonds is 4. The number of nitrogens with one attached hydrogen (secondary N) is 1. The van der Waals surface area contributed by atoms with Crippen LogP contribution in [0.5, 0.6) is 0 Å². The molecule has 1 aliphatic heterocycles. The molecule has 0 radical (unpaired) electrons. The first-order valence-electron chi connectivity index (χ1n) is 7.56. The summed E-state index contributed by atoms with van der Waals surface area (Å²) in [6.07, 6.45) is 3.97. The molecule has 22 heavy (non-hydrogen) atoms. The number of amides is 1. The number of carbonyl (C=O) groups is 1. The van der Waals surface area contributed by atoms with Gasteiger partial charge in [-0.05, 0) is 37.8 Å². The van der Waals surface area contributed by atoms with Gasteiger partial charge in [0.05, 0.1) is 5.25 Å². The first-order valence-corrected chi connectivity index (χ1v) is 8.44. The number of aromatic amines is 1. The standard InChI is InChI=1S/C15H20N4O2S/c1-10-5-8-19(9-6-10)14(20)11(2)22-15-18-17-13(21-15)12-4-3-7-16-12/h3-4,7,10-11,16H,5-6,8-9H2,1-2H3/t11-/m0/s1. The number of hydrogen-bond donors (Lipinski definition) is 1. The summed E-state index contributed by atoms with van der Waals surface area (Å²) in [7, 11) is 0. The Kier molecular flexibility index (Phi) is 4.52. The van der Waals surface area contributed by atoms with E-state index in [-0.39, 0.29) is 11.2 Å². The highest BCUT2D eigenvalue weighted by Crippen LogP contribution is 2.27. The molecule has 1 saturated heterocycles. The van der Waals surface area contributed by atoms with Crippen LogP contribution in [0.25, 0.3) is 11.6 Å². The molecule has 3 rings (SSSR count). The van der Waals surface area contributed by atoms with Gasteiger partial charge in [-0.2, -0.15) is 0 Å². The fraction of sp³-hybridized carbons (Fsp3) is 0.533. The van der Waals surface area contributed by atoms with Gasteiger partial charge in [-0.25, -0.2) is 0 Å². The molecule has 1 fully saturated rings. The van der Waals surface area contributed by atoms with Gasteiger partial charge in [0.1, 0.15) is 5.69 Å². The molecule has 0 spiro atoms. The third-order valence-corrected chi connectivity index (χ3v) is 4.88. The lowest BCUT2D eigenvalue weighted by Gasteiger charge is -2.31. The Hall–Kier alpha value is -1.76. The van der Waals surface area contributed by atoms with Crippen molar-refractivity contribution in [3.05, 3.63) is 18.3 Å². The van der Waals surface area contributed by atoms with Crippen molar-refractivity contribution in [3.8, 4) is 11.6 Å². The van der Waals surface area contributed by atoms with Crippen molar-refractivity contribution in [1.29, 1.82) is 0 Å². The minimum Gasteiger partial charge on any atom is -0.410 e. The Morgan fingerprint density at radius 3 is 2.91 bits per heavy atom. The van der Waals surface area contributed by atoms with Crippen LogP contribution in [-0.2, 0) is 4.79 Å². The minimum atomic E-state index is -0.217. The fourth-order valence-electron chi connectivity index (χ4n) is 2.52. The van der Waals surface area contributed by atoms with Crippen LogP contribution in [0.4, 0.5) is 0 Å². The number of aromatic nitrogens is 3. The van der Waals surface area contributed by atoms with Crippen molar-refractivity contribution in [2.45, 2.75) is 37.2 Å². The van der Waals surface area contributed by atoms with Crippen molar-refractivity contribution in [2.24, 2.45) is 5.92 Å². The van der Waals surface area contributed by atoms with Crippen LogP contribution in [0.1, 0.15) is 26.7 Å². The summed E-state index contributed by atoms with van der Waals surface area (Å²) in [4.78, 5) is 17.4. The molecule has 0 aromatic carbocycles. The maximum Gasteiger partial charge on any atom is 0.277 e. The molecule has 7 heteroatoms. The van der Waals surface area contributed by atoms with Gasteiger partial charge in [0, 0.05) is 19.3 Å². The quantitative estimate of drug-likeness (QED) is 0.877. The Bertz CT molecular complexity index is 617. The molecule has 1 amide bonds. The van der Waals surface area contributed by atoms with Crippen molar-refractivity contribution >= 4 is 17.7 Å². The van der Waals surface area contributed by atoms with Gasteiger partial charge in [-0.15, -0.1) is 10.2 Å². The number of hydrogen-bond acceptors (Lipinski definition) is 5. The molecular weight excluding hydrogens is 300 g/mol. The topological polar surface area (TPSA) is 75.0 Å². The molecule has 0 aliphatic carbocycles. The zero-order valence-electron chi connectivity index (χ0n) is 12.8. The van der Waals surface area contributed by atoms with Crippen LogP contribution in [0.15, 0.2) is 28.0 Å². The lowest BCUT2D eigenvalue weighted by molar-refractivity contribution is -0.131. The zero-order valence-corrected chi connectivity index (χ0v) is 13.6. The van der Waals surface area contributed by atoms with E-state index in [4.69, 9.17) is 4.42 Å². The molecular formula is C15H20N4O2S. The molecule has 118 valence electrons. The first kappa shape index (κ1) is 15.1. The van der Waals surface area contributed by atoms with Crippen molar-refractivity contribution in [1.82, 2.24) is 20.1 Å². The highest BCUT2D eigenvalue weighted by molar-refractivity contribution is 8.00. The summed E-state index contributed by atoms with van der Waals surface area (Å²) >= 11 is 1.32. The van der Waals surface area contributed by atoms with E-state index >= 15 is 0 Å². The first-order chi connectivity index (χ1) is 10.6. The molecule has 2 aromatic rings. The summed E-state index contributed by atoms with van der Waals surface area (Å²) in [5.41, 5.74) is 0.781. The second kappa shape index (κ2) is 6.56. The Morgan fingerprint density at radius 2 is 2.23 bits per heavy atom. The third-order valence-electron chi connectivity index (χ3n) is 3.96. The van der Waals surface area contributed by atoms with E-state index in [0.717, 1.165) is 31.6 Å². The molecule has 1 atom stereocenters. The number of piperidine rings is 1. The lowest BCUT2D eigenvalue weighted by atomic mass is 9.99. The Morgan fingerprint density at radius 1 is 1.45 bits per heavy atom. The third kappa shape index (κ3) is 3.35. The number of carbonyl (C=O) groups excluding carboxylic acids is 1. The van der Waals surface area contributed by atoms with E-state index in [1.807, 2.05) is 24.0 Å². The summed E-state index contributed by atoms with van der Waals surface area (Å²) in [6, 6.07) is 3.74. The normalized spacial score (nSPS) is 17.6. The minimum absolute atomic E-state index is 0.150. The van der Waals surface area contributed by atoms with E-state index in [0.29, 0.717) is 17.0 Å². The Balaban J connectivity index is 1.59. The predicted molar refractivity (Wildman–Crippen MR) is 84.4 cm³/mol. The highest BCUT2D eigenvalue weighted by Gasteiger charge is 2.26. The molecule has 0 bridgehead atoms. The molecule has 6 nitrogen and oxygen atoms in total. The largest absolute Gasteiger partial charge is 0.410 e. The van der Waals surface area contributed by atoms with Crippen LogP contribution in [0.2, 0.25) is 0 Å². The summed E-state index contributed by atoms with van der Waals surface area (Å²) in [6.45, 7) is 5.83. The second-order valence-corrected chi connectivity index (χ2v) is 7.02. The van der Waals surface area contributed by atoms with Crippen LogP contribution in [-0.4, -0.2) is 44.3 Å². The van der Waals surface area contributed by atoms with Gasteiger partial charge in [-0.3, -0.25) is 4.79 Å². The molecule has 2 aromatic heterocycles. The highest BCUT2D eigenvalue weighted by atomic mass is 32.2. The van der Waals surface area contributed by atoms with E-state index in [9.17, 15) is 4.79 Å². The van der Waals surface area contributed by atoms with Crippen LogP contribution >= 0.6 is 11.8 Å². The van der Waals surface area contributed by atoms with Gasteiger partial charge in [0.25, 0.3) is 11.1 Å². The van der Waals surface area contributed by atoms with Crippen molar-refractivity contribution in [2.75, 3.05) is 13.1 Å². The maximum atomic E-state index is 12.5. The van der Waals surface area contributed by atoms with Crippen molar-refractivity contribution in [3.63, 3.8) is 0 Å². The van der Waals surface area contributed by atoms with E-state index in [2.05, 4.69) is 22.1 Å². The summed E-state index contributed by atoms with van der Waals surface area (Å²) < 4.78 is 5.59. The SMILES string of the molecule is CC1CCN(C(=O)[C@H](C)Sc2nnc(-c3ccc[nH]3)o2)CC1. The van der Waals surface area contributed by atoms with Crippen LogP contribution < -0.4 is 0 Å².